The van der Waals surface area contributed by atoms with E-state index in [1.807, 2.05) is 18.2 Å². The third kappa shape index (κ3) is 4.17. The molecule has 1 aromatic carbocycles. The lowest BCUT2D eigenvalue weighted by atomic mass is 10.2. The van der Waals surface area contributed by atoms with Gasteiger partial charge in [0, 0.05) is 46.0 Å². The summed E-state index contributed by atoms with van der Waals surface area (Å²) < 4.78 is 17.6. The van der Waals surface area contributed by atoms with Crippen molar-refractivity contribution in [1.29, 1.82) is 0 Å². The van der Waals surface area contributed by atoms with E-state index in [1.54, 1.807) is 41.6 Å². The van der Waals surface area contributed by atoms with Gasteiger partial charge in [-0.15, -0.1) is 0 Å². The molecule has 0 atom stereocenters. The second-order valence-corrected chi connectivity index (χ2v) is 8.44. The molecule has 1 aliphatic rings. The van der Waals surface area contributed by atoms with Crippen LogP contribution in [-0.4, -0.2) is 62.2 Å². The van der Waals surface area contributed by atoms with Crippen LogP contribution < -0.4 is 21.2 Å². The molecule has 176 valence electrons. The number of aromatic nitrogens is 5. The summed E-state index contributed by atoms with van der Waals surface area (Å²) in [5.41, 5.74) is 2.71. The molecule has 4 heterocycles. The quantitative estimate of drug-likeness (QED) is 0.466. The summed E-state index contributed by atoms with van der Waals surface area (Å²) in [4.78, 5) is 29.6. The van der Waals surface area contributed by atoms with Gasteiger partial charge in [-0.2, -0.15) is 4.98 Å². The minimum absolute atomic E-state index is 0.0276. The van der Waals surface area contributed by atoms with E-state index in [4.69, 9.17) is 0 Å². The minimum atomic E-state index is -0.587. The first-order valence-electron chi connectivity index (χ1n) is 11.0. The first kappa shape index (κ1) is 21.8. The van der Waals surface area contributed by atoms with E-state index in [2.05, 4.69) is 42.4 Å². The lowest BCUT2D eigenvalue weighted by Crippen LogP contribution is -2.44. The van der Waals surface area contributed by atoms with E-state index in [0.29, 0.717) is 11.4 Å². The third-order valence-corrected chi connectivity index (χ3v) is 6.11. The average molecular weight is 464 g/mol. The van der Waals surface area contributed by atoms with Gasteiger partial charge in [-0.25, -0.2) is 19.2 Å². The van der Waals surface area contributed by atoms with E-state index in [9.17, 15) is 9.18 Å². The van der Waals surface area contributed by atoms with Crippen molar-refractivity contribution in [3.8, 4) is 0 Å². The topological polar surface area (TPSA) is 96.1 Å². The number of piperazine rings is 1. The molecule has 3 aromatic heterocycles. The van der Waals surface area contributed by atoms with Crippen molar-refractivity contribution in [1.82, 2.24) is 29.0 Å². The summed E-state index contributed by atoms with van der Waals surface area (Å²) in [6.07, 6.45) is 2.83. The van der Waals surface area contributed by atoms with Gasteiger partial charge in [-0.1, -0.05) is 0 Å². The predicted octanol–water partition coefficient (Wildman–Crippen LogP) is 2.44. The smallest absolute Gasteiger partial charge is 0.328 e. The summed E-state index contributed by atoms with van der Waals surface area (Å²) >= 11 is 0. The van der Waals surface area contributed by atoms with Crippen LogP contribution in [-0.2, 0) is 14.1 Å². The largest absolute Gasteiger partial charge is 0.354 e. The zero-order valence-corrected chi connectivity index (χ0v) is 19.3. The van der Waals surface area contributed by atoms with Gasteiger partial charge in [0.25, 0.3) is 0 Å². The van der Waals surface area contributed by atoms with Crippen LogP contribution in [0, 0.1) is 5.82 Å². The lowest BCUT2D eigenvalue weighted by molar-refractivity contribution is 0.312. The number of likely N-dealkylation sites (N-methyl/N-ethyl adjacent to an activating group) is 1. The molecular formula is C23H26FN9O. The molecular weight excluding hydrogens is 437 g/mol. The molecule has 1 aliphatic heterocycles. The van der Waals surface area contributed by atoms with Crippen LogP contribution in [0.15, 0.2) is 47.5 Å². The number of benzene rings is 1. The maximum atomic E-state index is 14.4. The summed E-state index contributed by atoms with van der Waals surface area (Å²) in [6.45, 7) is 3.90. The maximum absolute atomic E-state index is 14.4. The zero-order valence-electron chi connectivity index (χ0n) is 19.3. The number of fused-ring (bicyclic) bond motifs is 1. The van der Waals surface area contributed by atoms with Crippen LogP contribution in [0.5, 0.6) is 0 Å². The number of hydrogen-bond donors (Lipinski definition) is 2. The van der Waals surface area contributed by atoms with E-state index in [-0.39, 0.29) is 17.5 Å². The molecule has 11 heteroatoms. The summed E-state index contributed by atoms with van der Waals surface area (Å²) in [7, 11) is 5.53. The van der Waals surface area contributed by atoms with Crippen molar-refractivity contribution in [3.63, 3.8) is 0 Å². The Morgan fingerprint density at radius 3 is 2.32 bits per heavy atom. The Balaban J connectivity index is 1.32. The number of imidazole rings is 1. The van der Waals surface area contributed by atoms with Gasteiger partial charge < -0.3 is 20.4 Å². The van der Waals surface area contributed by atoms with Crippen LogP contribution in [0.1, 0.15) is 0 Å². The molecule has 0 radical (unpaired) electrons. The van der Waals surface area contributed by atoms with E-state index < -0.39 is 5.82 Å². The SMILES string of the molecule is CN1CCN(c2ccc(Nc3ncc(F)c(Nc4ccc5c(c4)n(C)c(=O)n5C)n3)cn2)CC1. The Kier molecular flexibility index (Phi) is 5.62. The van der Waals surface area contributed by atoms with Crippen LogP contribution in [0.2, 0.25) is 0 Å². The Hall–Kier alpha value is -3.99. The van der Waals surface area contributed by atoms with Gasteiger partial charge in [0.2, 0.25) is 5.95 Å². The monoisotopic (exact) mass is 463 g/mol. The fourth-order valence-corrected chi connectivity index (χ4v) is 4.05. The molecule has 0 saturated carbocycles. The highest BCUT2D eigenvalue weighted by Gasteiger charge is 2.15. The molecule has 1 fully saturated rings. The lowest BCUT2D eigenvalue weighted by Gasteiger charge is -2.33. The molecule has 0 spiro atoms. The van der Waals surface area contributed by atoms with E-state index >= 15 is 0 Å². The van der Waals surface area contributed by atoms with E-state index in [0.717, 1.165) is 49.2 Å². The first-order valence-corrected chi connectivity index (χ1v) is 11.0. The molecule has 0 unspecified atom stereocenters. The second kappa shape index (κ2) is 8.75. The molecule has 10 nitrogen and oxygen atoms in total. The highest BCUT2D eigenvalue weighted by Crippen LogP contribution is 2.24. The summed E-state index contributed by atoms with van der Waals surface area (Å²) in [6, 6.07) is 9.23. The van der Waals surface area contributed by atoms with Crippen molar-refractivity contribution in [2.75, 3.05) is 48.8 Å². The molecule has 0 aliphatic carbocycles. The Morgan fingerprint density at radius 2 is 1.59 bits per heavy atom. The van der Waals surface area contributed by atoms with Crippen LogP contribution in [0.3, 0.4) is 0 Å². The van der Waals surface area contributed by atoms with Crippen molar-refractivity contribution >= 4 is 40.0 Å². The van der Waals surface area contributed by atoms with Crippen molar-refractivity contribution in [2.24, 2.45) is 14.1 Å². The van der Waals surface area contributed by atoms with Crippen molar-refractivity contribution in [3.05, 3.63) is 59.0 Å². The van der Waals surface area contributed by atoms with Gasteiger partial charge in [0.15, 0.2) is 11.6 Å². The number of aryl methyl sites for hydroxylation is 2. The van der Waals surface area contributed by atoms with Gasteiger partial charge in [0.1, 0.15) is 5.82 Å². The third-order valence-electron chi connectivity index (χ3n) is 6.11. The Bertz CT molecular complexity index is 1390. The van der Waals surface area contributed by atoms with Gasteiger partial charge in [-0.3, -0.25) is 9.13 Å². The molecule has 4 aromatic rings. The number of halogens is 1. The Labute approximate surface area is 195 Å². The first-order chi connectivity index (χ1) is 16.4. The number of pyridine rings is 1. The molecule has 34 heavy (non-hydrogen) atoms. The van der Waals surface area contributed by atoms with E-state index in [1.165, 1.54) is 0 Å². The zero-order chi connectivity index (χ0) is 23.8. The summed E-state index contributed by atoms with van der Waals surface area (Å²) in [5, 5.41) is 6.06. The second-order valence-electron chi connectivity index (χ2n) is 8.44. The standard InChI is InChI=1S/C23H26FN9O/c1-30-8-10-33(11-9-30)20-7-5-16(13-25-20)28-22-26-14-17(24)21(29-22)27-15-4-6-18-19(12-15)32(3)23(34)31(18)2/h4-7,12-14H,8-11H2,1-3H3,(H2,26,27,28,29). The fraction of sp³-hybridized carbons (Fsp3) is 0.304. The summed E-state index contributed by atoms with van der Waals surface area (Å²) in [5.74, 6) is 0.605. The minimum Gasteiger partial charge on any atom is -0.354 e. The van der Waals surface area contributed by atoms with Crippen molar-refractivity contribution < 1.29 is 4.39 Å². The number of hydrogen-bond acceptors (Lipinski definition) is 8. The maximum Gasteiger partial charge on any atom is 0.328 e. The molecule has 5 rings (SSSR count). The molecule has 2 N–H and O–H groups in total. The number of nitrogens with zero attached hydrogens (tertiary/aromatic N) is 7. The van der Waals surface area contributed by atoms with Gasteiger partial charge in [0.05, 0.1) is 29.1 Å². The average Bonchev–Trinajstić information content (AvgIpc) is 3.06. The van der Waals surface area contributed by atoms with Gasteiger partial charge >= 0.3 is 5.69 Å². The fourth-order valence-electron chi connectivity index (χ4n) is 4.05. The number of rotatable bonds is 5. The van der Waals surface area contributed by atoms with Crippen molar-refractivity contribution in [2.45, 2.75) is 0 Å². The number of anilines is 5. The molecule has 1 saturated heterocycles. The number of nitrogens with one attached hydrogen (secondary N) is 2. The highest BCUT2D eigenvalue weighted by molar-refractivity contribution is 5.81. The Morgan fingerprint density at radius 1 is 0.853 bits per heavy atom. The van der Waals surface area contributed by atoms with Crippen LogP contribution in [0.4, 0.5) is 33.3 Å². The molecule has 0 amide bonds. The highest BCUT2D eigenvalue weighted by atomic mass is 19.1. The van der Waals surface area contributed by atoms with Crippen LogP contribution in [0.25, 0.3) is 11.0 Å². The predicted molar refractivity (Wildman–Crippen MR) is 131 cm³/mol. The van der Waals surface area contributed by atoms with Crippen LogP contribution >= 0.6 is 0 Å². The van der Waals surface area contributed by atoms with Gasteiger partial charge in [-0.05, 0) is 37.4 Å². The normalized spacial score (nSPS) is 14.5. The molecule has 0 bridgehead atoms.